The summed E-state index contributed by atoms with van der Waals surface area (Å²) in [5.74, 6) is 0. The second-order valence-corrected chi connectivity index (χ2v) is 7.25. The molecule has 0 spiro atoms. The summed E-state index contributed by atoms with van der Waals surface area (Å²) in [6.45, 7) is 0. The van der Waals surface area contributed by atoms with Crippen molar-refractivity contribution in [1.29, 1.82) is 0 Å². The molecule has 0 aromatic carbocycles. The van der Waals surface area contributed by atoms with Crippen molar-refractivity contribution in [3.63, 3.8) is 0 Å². The number of aromatic nitrogens is 4. The Balaban J connectivity index is 1.53. The normalized spacial score (nSPS) is 12.0. The van der Waals surface area contributed by atoms with Gasteiger partial charge in [-0.3, -0.25) is 4.98 Å². The summed E-state index contributed by atoms with van der Waals surface area (Å²) < 4.78 is 37.8. The first-order valence-electron chi connectivity index (χ1n) is 7.84. The first kappa shape index (κ1) is 17.9. The Labute approximate surface area is 161 Å². The van der Waals surface area contributed by atoms with Gasteiger partial charge in [-0.2, -0.15) is 13.2 Å². The van der Waals surface area contributed by atoms with E-state index in [1.807, 2.05) is 18.3 Å². The van der Waals surface area contributed by atoms with Crippen LogP contribution in [0.5, 0.6) is 0 Å². The summed E-state index contributed by atoms with van der Waals surface area (Å²) >= 11 is 7.64. The molecule has 4 aromatic rings. The minimum atomic E-state index is -4.45. The molecule has 27 heavy (non-hydrogen) atoms. The lowest BCUT2D eigenvalue weighted by Gasteiger charge is -2.05. The second kappa shape index (κ2) is 6.94. The standard InChI is InChI=1S/C18H11ClF3N4S/c19-16-13(7-11-9-25-17-12(11)2-1-5-23-17)27-15(26-16)6-10-3-4-14(24-8-10)18(20,21)22/h1-6,8-9H,7H2,(H,23,25). The Morgan fingerprint density at radius 1 is 1.19 bits per heavy atom. The van der Waals surface area contributed by atoms with E-state index < -0.39 is 11.9 Å². The van der Waals surface area contributed by atoms with Crippen molar-refractivity contribution < 1.29 is 13.2 Å². The van der Waals surface area contributed by atoms with Crippen molar-refractivity contribution in [3.8, 4) is 0 Å². The molecule has 0 bridgehead atoms. The van der Waals surface area contributed by atoms with Crippen molar-refractivity contribution in [3.05, 3.63) is 81.1 Å². The van der Waals surface area contributed by atoms with Gasteiger partial charge in [-0.15, -0.1) is 11.3 Å². The highest BCUT2D eigenvalue weighted by atomic mass is 35.5. The molecule has 137 valence electrons. The summed E-state index contributed by atoms with van der Waals surface area (Å²) in [4.78, 5) is 16.0. The van der Waals surface area contributed by atoms with Gasteiger partial charge in [0.2, 0.25) is 0 Å². The van der Waals surface area contributed by atoms with Crippen molar-refractivity contribution in [1.82, 2.24) is 19.9 Å². The lowest BCUT2D eigenvalue weighted by atomic mass is 10.1. The maximum absolute atomic E-state index is 12.6. The molecule has 0 saturated heterocycles. The Morgan fingerprint density at radius 3 is 2.78 bits per heavy atom. The number of rotatable bonds is 4. The summed E-state index contributed by atoms with van der Waals surface area (Å²) in [6, 6.07) is 6.14. The van der Waals surface area contributed by atoms with E-state index in [2.05, 4.69) is 19.9 Å². The lowest BCUT2D eigenvalue weighted by molar-refractivity contribution is -0.141. The van der Waals surface area contributed by atoms with Crippen LogP contribution in [-0.4, -0.2) is 19.9 Å². The van der Waals surface area contributed by atoms with Gasteiger partial charge in [0.15, 0.2) is 0 Å². The topological polar surface area (TPSA) is 54.5 Å². The SMILES string of the molecule is FC(F)(F)c1ccc([CH]c2nc(Cl)c(Cc3c[nH]c4ncccc34)s2)cn1. The lowest BCUT2D eigenvalue weighted by Crippen LogP contribution is -2.07. The second-order valence-electron chi connectivity index (χ2n) is 5.78. The van der Waals surface area contributed by atoms with Gasteiger partial charge in [-0.25, -0.2) is 9.97 Å². The number of thiazole rings is 1. The Morgan fingerprint density at radius 2 is 2.04 bits per heavy atom. The Bertz CT molecular complexity index is 1090. The summed E-state index contributed by atoms with van der Waals surface area (Å²) in [5.41, 5.74) is 1.45. The molecule has 0 fully saturated rings. The highest BCUT2D eigenvalue weighted by molar-refractivity contribution is 7.12. The summed E-state index contributed by atoms with van der Waals surface area (Å²) in [5, 5.41) is 2.00. The van der Waals surface area contributed by atoms with Gasteiger partial charge >= 0.3 is 6.18 Å². The fourth-order valence-electron chi connectivity index (χ4n) is 2.65. The maximum Gasteiger partial charge on any atom is 0.433 e. The van der Waals surface area contributed by atoms with Crippen molar-refractivity contribution in [2.45, 2.75) is 12.6 Å². The van der Waals surface area contributed by atoms with E-state index in [0.29, 0.717) is 22.1 Å². The third-order valence-electron chi connectivity index (χ3n) is 3.92. The number of fused-ring (bicyclic) bond motifs is 1. The van der Waals surface area contributed by atoms with E-state index in [1.165, 1.54) is 23.6 Å². The zero-order valence-electron chi connectivity index (χ0n) is 13.6. The highest BCUT2D eigenvalue weighted by Crippen LogP contribution is 2.31. The molecule has 0 atom stereocenters. The van der Waals surface area contributed by atoms with E-state index in [0.717, 1.165) is 27.5 Å². The minimum absolute atomic E-state index is 0.379. The molecule has 1 N–H and O–H groups in total. The van der Waals surface area contributed by atoms with Crippen LogP contribution in [0.15, 0.2) is 42.9 Å². The van der Waals surface area contributed by atoms with Gasteiger partial charge in [0.1, 0.15) is 21.5 Å². The molecule has 0 aliphatic heterocycles. The quantitative estimate of drug-likeness (QED) is 0.501. The van der Waals surface area contributed by atoms with E-state index >= 15 is 0 Å². The summed E-state index contributed by atoms with van der Waals surface area (Å²) in [7, 11) is 0. The van der Waals surface area contributed by atoms with E-state index in [-0.39, 0.29) is 0 Å². The predicted molar refractivity (Wildman–Crippen MR) is 97.8 cm³/mol. The van der Waals surface area contributed by atoms with Crippen LogP contribution in [0.25, 0.3) is 11.0 Å². The average Bonchev–Trinajstić information content (AvgIpc) is 3.19. The third kappa shape index (κ3) is 3.81. The first-order valence-corrected chi connectivity index (χ1v) is 9.04. The van der Waals surface area contributed by atoms with Gasteiger partial charge in [0.05, 0.1) is 6.42 Å². The molecule has 9 heteroatoms. The molecule has 4 aromatic heterocycles. The number of hydrogen-bond donors (Lipinski definition) is 1. The van der Waals surface area contributed by atoms with Crippen molar-refractivity contribution in [2.75, 3.05) is 0 Å². The number of nitrogens with zero attached hydrogens (tertiary/aromatic N) is 3. The van der Waals surface area contributed by atoms with Gasteiger partial charge in [0.25, 0.3) is 0 Å². The minimum Gasteiger partial charge on any atom is -0.346 e. The Hall–Kier alpha value is -2.45. The smallest absolute Gasteiger partial charge is 0.346 e. The van der Waals surface area contributed by atoms with E-state index in [1.54, 1.807) is 12.6 Å². The van der Waals surface area contributed by atoms with Crippen LogP contribution in [0.1, 0.15) is 26.7 Å². The van der Waals surface area contributed by atoms with Gasteiger partial charge in [0, 0.05) is 35.3 Å². The van der Waals surface area contributed by atoms with E-state index in [4.69, 9.17) is 11.6 Å². The van der Waals surface area contributed by atoms with Crippen LogP contribution in [0.4, 0.5) is 13.2 Å². The predicted octanol–water partition coefficient (Wildman–Crippen LogP) is 5.28. The molecule has 0 unspecified atom stereocenters. The average molecular weight is 408 g/mol. The van der Waals surface area contributed by atoms with Crippen LogP contribution in [0, 0.1) is 6.42 Å². The van der Waals surface area contributed by atoms with Crippen LogP contribution in [0.3, 0.4) is 0 Å². The fourth-order valence-corrected chi connectivity index (χ4v) is 3.92. The monoisotopic (exact) mass is 407 g/mol. The Kier molecular flexibility index (Phi) is 4.61. The van der Waals surface area contributed by atoms with Gasteiger partial charge < -0.3 is 4.98 Å². The van der Waals surface area contributed by atoms with Gasteiger partial charge in [-0.1, -0.05) is 17.7 Å². The zero-order chi connectivity index (χ0) is 19.0. The molecule has 0 aliphatic carbocycles. The molecular formula is C18H11ClF3N4S. The van der Waals surface area contributed by atoms with Crippen LogP contribution in [0.2, 0.25) is 5.15 Å². The van der Waals surface area contributed by atoms with Crippen LogP contribution < -0.4 is 0 Å². The molecule has 0 amide bonds. The molecular weight excluding hydrogens is 397 g/mol. The molecule has 0 saturated carbocycles. The third-order valence-corrected chi connectivity index (χ3v) is 5.35. The molecule has 4 nitrogen and oxygen atoms in total. The number of hydrogen-bond acceptors (Lipinski definition) is 4. The summed E-state index contributed by atoms with van der Waals surface area (Å²) in [6.07, 6.45) is 2.56. The number of aromatic amines is 1. The van der Waals surface area contributed by atoms with Crippen molar-refractivity contribution >= 4 is 34.0 Å². The molecule has 0 aliphatic rings. The van der Waals surface area contributed by atoms with Gasteiger partial charge in [-0.05, 0) is 29.3 Å². The number of alkyl halides is 3. The first-order chi connectivity index (χ1) is 12.9. The number of nitrogens with one attached hydrogen (secondary N) is 1. The maximum atomic E-state index is 12.6. The van der Waals surface area contributed by atoms with Crippen LogP contribution in [-0.2, 0) is 12.6 Å². The van der Waals surface area contributed by atoms with E-state index in [9.17, 15) is 13.2 Å². The fraction of sp³-hybridized carbons (Fsp3) is 0.111. The number of halogens is 4. The molecule has 1 radical (unpaired) electrons. The largest absolute Gasteiger partial charge is 0.433 e. The van der Waals surface area contributed by atoms with Crippen LogP contribution >= 0.6 is 22.9 Å². The number of H-pyrrole nitrogens is 1. The number of pyridine rings is 2. The molecule has 4 heterocycles. The molecule has 4 rings (SSSR count). The van der Waals surface area contributed by atoms with Crippen molar-refractivity contribution in [2.24, 2.45) is 0 Å². The highest BCUT2D eigenvalue weighted by Gasteiger charge is 2.32. The zero-order valence-corrected chi connectivity index (χ0v) is 15.2.